The Morgan fingerprint density at radius 3 is 2.76 bits per heavy atom. The van der Waals surface area contributed by atoms with E-state index >= 15 is 0 Å². The number of ether oxygens (including phenoxy) is 1. The van der Waals surface area contributed by atoms with Crippen LogP contribution < -0.4 is 10.1 Å². The SMILES string of the molecule is CCC(=O)Nc1ccccc1OC1CCCC1. The van der Waals surface area contributed by atoms with Gasteiger partial charge in [-0.25, -0.2) is 0 Å². The van der Waals surface area contributed by atoms with Crippen molar-refractivity contribution in [1.29, 1.82) is 0 Å². The highest BCUT2D eigenvalue weighted by Crippen LogP contribution is 2.29. The molecule has 1 aromatic carbocycles. The Balaban J connectivity index is 2.06. The van der Waals surface area contributed by atoms with E-state index in [4.69, 9.17) is 4.74 Å². The maximum Gasteiger partial charge on any atom is 0.224 e. The highest BCUT2D eigenvalue weighted by Gasteiger charge is 2.18. The average Bonchev–Trinajstić information content (AvgIpc) is 2.84. The molecular formula is C14H19NO2. The first-order chi connectivity index (χ1) is 8.29. The second kappa shape index (κ2) is 5.71. The fraction of sp³-hybridized carbons (Fsp3) is 0.500. The Bertz CT molecular complexity index is 384. The Morgan fingerprint density at radius 1 is 1.35 bits per heavy atom. The molecule has 1 aliphatic carbocycles. The van der Waals surface area contributed by atoms with E-state index in [1.165, 1.54) is 12.8 Å². The van der Waals surface area contributed by atoms with E-state index in [0.29, 0.717) is 12.5 Å². The Morgan fingerprint density at radius 2 is 2.06 bits per heavy atom. The van der Waals surface area contributed by atoms with Crippen molar-refractivity contribution in [1.82, 2.24) is 0 Å². The van der Waals surface area contributed by atoms with Crippen molar-refractivity contribution in [3.8, 4) is 5.75 Å². The highest BCUT2D eigenvalue weighted by atomic mass is 16.5. The van der Waals surface area contributed by atoms with E-state index < -0.39 is 0 Å². The molecule has 0 radical (unpaired) electrons. The van der Waals surface area contributed by atoms with Gasteiger partial charge >= 0.3 is 0 Å². The number of carbonyl (C=O) groups is 1. The molecule has 1 aliphatic rings. The summed E-state index contributed by atoms with van der Waals surface area (Å²) in [6.07, 6.45) is 5.53. The third kappa shape index (κ3) is 3.22. The Labute approximate surface area is 102 Å². The van der Waals surface area contributed by atoms with Crippen LogP contribution in [0.2, 0.25) is 0 Å². The van der Waals surface area contributed by atoms with E-state index in [9.17, 15) is 4.79 Å². The van der Waals surface area contributed by atoms with Gasteiger partial charge in [-0.3, -0.25) is 4.79 Å². The molecule has 1 saturated carbocycles. The predicted octanol–water partition coefficient (Wildman–Crippen LogP) is 3.36. The number of hydrogen-bond donors (Lipinski definition) is 1. The molecule has 0 aromatic heterocycles. The molecule has 17 heavy (non-hydrogen) atoms. The van der Waals surface area contributed by atoms with Gasteiger partial charge in [0, 0.05) is 6.42 Å². The van der Waals surface area contributed by atoms with Crippen LogP contribution in [-0.2, 0) is 4.79 Å². The molecule has 1 N–H and O–H groups in total. The molecule has 1 aromatic rings. The lowest BCUT2D eigenvalue weighted by atomic mass is 10.2. The number of carbonyl (C=O) groups excluding carboxylic acids is 1. The zero-order valence-electron chi connectivity index (χ0n) is 10.2. The van der Waals surface area contributed by atoms with Crippen LogP contribution in [0.25, 0.3) is 0 Å². The average molecular weight is 233 g/mol. The van der Waals surface area contributed by atoms with Gasteiger partial charge in [0.15, 0.2) is 0 Å². The molecule has 0 spiro atoms. The summed E-state index contributed by atoms with van der Waals surface area (Å²) in [4.78, 5) is 11.4. The maximum atomic E-state index is 11.4. The molecule has 2 rings (SSSR count). The van der Waals surface area contributed by atoms with Crippen LogP contribution in [0.15, 0.2) is 24.3 Å². The van der Waals surface area contributed by atoms with Crippen molar-refractivity contribution >= 4 is 11.6 Å². The van der Waals surface area contributed by atoms with E-state index in [0.717, 1.165) is 24.3 Å². The lowest BCUT2D eigenvalue weighted by Gasteiger charge is -2.16. The number of para-hydroxylation sites is 2. The van der Waals surface area contributed by atoms with E-state index in [-0.39, 0.29) is 5.91 Å². The minimum atomic E-state index is 0.0208. The summed E-state index contributed by atoms with van der Waals surface area (Å²) in [5, 5.41) is 2.87. The minimum Gasteiger partial charge on any atom is -0.488 e. The highest BCUT2D eigenvalue weighted by molar-refractivity contribution is 5.91. The molecule has 92 valence electrons. The van der Waals surface area contributed by atoms with Crippen LogP contribution in [0.4, 0.5) is 5.69 Å². The first kappa shape index (κ1) is 12.0. The first-order valence-corrected chi connectivity index (χ1v) is 6.35. The van der Waals surface area contributed by atoms with Crippen LogP contribution in [0.5, 0.6) is 5.75 Å². The van der Waals surface area contributed by atoms with Crippen molar-refractivity contribution in [3.63, 3.8) is 0 Å². The fourth-order valence-electron chi connectivity index (χ4n) is 2.10. The topological polar surface area (TPSA) is 38.3 Å². The standard InChI is InChI=1S/C14H19NO2/c1-2-14(16)15-12-9-5-6-10-13(12)17-11-7-3-4-8-11/h5-6,9-11H,2-4,7-8H2,1H3,(H,15,16). The molecule has 1 fully saturated rings. The van der Waals surface area contributed by atoms with Gasteiger partial charge in [-0.2, -0.15) is 0 Å². The lowest BCUT2D eigenvalue weighted by Crippen LogP contribution is -2.15. The molecule has 1 amide bonds. The number of hydrogen-bond acceptors (Lipinski definition) is 2. The number of benzene rings is 1. The summed E-state index contributed by atoms with van der Waals surface area (Å²) in [6.45, 7) is 1.84. The van der Waals surface area contributed by atoms with Gasteiger partial charge in [0.2, 0.25) is 5.91 Å². The number of anilines is 1. The molecular weight excluding hydrogens is 214 g/mol. The third-order valence-corrected chi connectivity index (χ3v) is 3.08. The second-order valence-electron chi connectivity index (χ2n) is 4.42. The van der Waals surface area contributed by atoms with Crippen LogP contribution in [0, 0.1) is 0 Å². The normalized spacial score (nSPS) is 15.8. The second-order valence-corrected chi connectivity index (χ2v) is 4.42. The van der Waals surface area contributed by atoms with Gasteiger partial charge in [-0.15, -0.1) is 0 Å². The predicted molar refractivity (Wildman–Crippen MR) is 68.2 cm³/mol. The monoisotopic (exact) mass is 233 g/mol. The molecule has 0 unspecified atom stereocenters. The molecule has 0 aliphatic heterocycles. The van der Waals surface area contributed by atoms with E-state index in [2.05, 4.69) is 5.32 Å². The fourth-order valence-corrected chi connectivity index (χ4v) is 2.10. The van der Waals surface area contributed by atoms with Crippen LogP contribution in [0.1, 0.15) is 39.0 Å². The van der Waals surface area contributed by atoms with Crippen LogP contribution in [0.3, 0.4) is 0 Å². The molecule has 0 atom stereocenters. The molecule has 3 nitrogen and oxygen atoms in total. The van der Waals surface area contributed by atoms with E-state index in [1.807, 2.05) is 31.2 Å². The van der Waals surface area contributed by atoms with Gasteiger partial charge < -0.3 is 10.1 Å². The summed E-state index contributed by atoms with van der Waals surface area (Å²) in [7, 11) is 0. The molecule has 3 heteroatoms. The van der Waals surface area contributed by atoms with Gasteiger partial charge in [0.05, 0.1) is 11.8 Å². The largest absolute Gasteiger partial charge is 0.488 e. The minimum absolute atomic E-state index is 0.0208. The zero-order valence-corrected chi connectivity index (χ0v) is 10.2. The van der Waals surface area contributed by atoms with Gasteiger partial charge in [0.1, 0.15) is 5.75 Å². The Hall–Kier alpha value is -1.51. The van der Waals surface area contributed by atoms with Crippen molar-refractivity contribution in [2.45, 2.75) is 45.1 Å². The molecule has 0 bridgehead atoms. The van der Waals surface area contributed by atoms with Gasteiger partial charge in [-0.1, -0.05) is 19.1 Å². The molecule has 0 saturated heterocycles. The number of amides is 1. The van der Waals surface area contributed by atoms with Crippen molar-refractivity contribution in [2.75, 3.05) is 5.32 Å². The first-order valence-electron chi connectivity index (χ1n) is 6.35. The van der Waals surface area contributed by atoms with Crippen molar-refractivity contribution in [3.05, 3.63) is 24.3 Å². The van der Waals surface area contributed by atoms with Crippen molar-refractivity contribution in [2.24, 2.45) is 0 Å². The summed E-state index contributed by atoms with van der Waals surface area (Å²) >= 11 is 0. The summed E-state index contributed by atoms with van der Waals surface area (Å²) in [5.41, 5.74) is 0.784. The van der Waals surface area contributed by atoms with E-state index in [1.54, 1.807) is 0 Å². The molecule has 0 heterocycles. The van der Waals surface area contributed by atoms with Crippen molar-refractivity contribution < 1.29 is 9.53 Å². The number of nitrogens with one attached hydrogen (secondary N) is 1. The van der Waals surface area contributed by atoms with Gasteiger partial charge in [-0.05, 0) is 37.8 Å². The zero-order chi connectivity index (χ0) is 12.1. The quantitative estimate of drug-likeness (QED) is 0.866. The summed E-state index contributed by atoms with van der Waals surface area (Å²) in [5.74, 6) is 0.814. The van der Waals surface area contributed by atoms with Crippen LogP contribution in [-0.4, -0.2) is 12.0 Å². The number of rotatable bonds is 4. The lowest BCUT2D eigenvalue weighted by molar-refractivity contribution is -0.115. The smallest absolute Gasteiger partial charge is 0.224 e. The van der Waals surface area contributed by atoms with Crippen LogP contribution >= 0.6 is 0 Å². The maximum absolute atomic E-state index is 11.4. The summed E-state index contributed by atoms with van der Waals surface area (Å²) < 4.78 is 5.94. The Kier molecular flexibility index (Phi) is 4.02. The summed E-state index contributed by atoms with van der Waals surface area (Å²) in [6, 6.07) is 7.65. The third-order valence-electron chi connectivity index (χ3n) is 3.08. The van der Waals surface area contributed by atoms with Gasteiger partial charge in [0.25, 0.3) is 0 Å².